The van der Waals surface area contributed by atoms with Crippen LogP contribution in [0.25, 0.3) is 0 Å². The molecule has 1 amide bonds. The van der Waals surface area contributed by atoms with Crippen LogP contribution in [0.2, 0.25) is 0 Å². The predicted octanol–water partition coefficient (Wildman–Crippen LogP) is 1.10. The minimum atomic E-state index is -0.525. The van der Waals surface area contributed by atoms with Crippen molar-refractivity contribution in [3.8, 4) is 5.75 Å². The lowest BCUT2D eigenvalue weighted by Gasteiger charge is -2.26. The van der Waals surface area contributed by atoms with Crippen LogP contribution in [0.5, 0.6) is 5.75 Å². The third-order valence-corrected chi connectivity index (χ3v) is 3.92. The lowest BCUT2D eigenvalue weighted by atomic mass is 10.0. The molecule has 0 saturated carbocycles. The Balaban J connectivity index is 1.46. The highest BCUT2D eigenvalue weighted by Crippen LogP contribution is 2.31. The van der Waals surface area contributed by atoms with Crippen LogP contribution < -0.4 is 15.0 Å². The standard InChI is InChI=1S/C18H20N4O4/c1-22(18-19-8-4-9-20-18)11-17(24)26-12-16(23)21-14-7-10-25-15-6-3-2-5-13(14)15/h2-6,8-9,14H,7,10-12H2,1H3,(H,21,23). The van der Waals surface area contributed by atoms with Gasteiger partial charge < -0.3 is 19.7 Å². The first-order chi connectivity index (χ1) is 12.6. The zero-order valence-electron chi connectivity index (χ0n) is 14.4. The average Bonchev–Trinajstić information content (AvgIpc) is 2.67. The topological polar surface area (TPSA) is 93.7 Å². The van der Waals surface area contributed by atoms with Gasteiger partial charge in [0.05, 0.1) is 12.6 Å². The normalized spacial score (nSPS) is 15.3. The molecule has 1 unspecified atom stereocenters. The van der Waals surface area contributed by atoms with Crippen molar-refractivity contribution in [2.24, 2.45) is 0 Å². The number of carbonyl (C=O) groups is 2. The highest BCUT2D eigenvalue weighted by atomic mass is 16.5. The van der Waals surface area contributed by atoms with Gasteiger partial charge in [-0.05, 0) is 12.1 Å². The number of amides is 1. The van der Waals surface area contributed by atoms with Crippen molar-refractivity contribution in [2.75, 3.05) is 31.7 Å². The van der Waals surface area contributed by atoms with Gasteiger partial charge in [-0.1, -0.05) is 18.2 Å². The van der Waals surface area contributed by atoms with Crippen molar-refractivity contribution in [1.29, 1.82) is 0 Å². The molecular weight excluding hydrogens is 336 g/mol. The number of hydrogen-bond acceptors (Lipinski definition) is 7. The minimum absolute atomic E-state index is 0.0443. The summed E-state index contributed by atoms with van der Waals surface area (Å²) in [5.41, 5.74) is 0.930. The Bertz CT molecular complexity index is 769. The van der Waals surface area contributed by atoms with Gasteiger partial charge >= 0.3 is 5.97 Å². The molecule has 0 spiro atoms. The molecule has 0 aliphatic carbocycles. The van der Waals surface area contributed by atoms with E-state index in [-0.39, 0.29) is 25.1 Å². The number of para-hydroxylation sites is 1. The fourth-order valence-corrected chi connectivity index (χ4v) is 2.67. The Morgan fingerprint density at radius 2 is 2.04 bits per heavy atom. The van der Waals surface area contributed by atoms with Crippen molar-refractivity contribution in [3.63, 3.8) is 0 Å². The molecule has 136 valence electrons. The molecule has 1 aromatic heterocycles. The maximum Gasteiger partial charge on any atom is 0.326 e. The minimum Gasteiger partial charge on any atom is -0.493 e. The highest BCUT2D eigenvalue weighted by molar-refractivity contribution is 5.82. The second-order valence-electron chi connectivity index (χ2n) is 5.86. The molecular formula is C18H20N4O4. The summed E-state index contributed by atoms with van der Waals surface area (Å²) < 4.78 is 10.6. The SMILES string of the molecule is CN(CC(=O)OCC(=O)NC1CCOc2ccccc21)c1ncccn1. The van der Waals surface area contributed by atoms with E-state index in [1.807, 2.05) is 24.3 Å². The fourth-order valence-electron chi connectivity index (χ4n) is 2.67. The fraction of sp³-hybridized carbons (Fsp3) is 0.333. The third-order valence-electron chi connectivity index (χ3n) is 3.92. The smallest absolute Gasteiger partial charge is 0.326 e. The molecule has 1 aliphatic heterocycles. The molecule has 1 aliphatic rings. The van der Waals surface area contributed by atoms with E-state index in [0.29, 0.717) is 19.0 Å². The van der Waals surface area contributed by atoms with Gasteiger partial charge in [0.2, 0.25) is 5.95 Å². The van der Waals surface area contributed by atoms with E-state index in [2.05, 4.69) is 15.3 Å². The van der Waals surface area contributed by atoms with E-state index in [9.17, 15) is 9.59 Å². The molecule has 8 nitrogen and oxygen atoms in total. The zero-order chi connectivity index (χ0) is 18.4. The number of esters is 1. The summed E-state index contributed by atoms with van der Waals surface area (Å²) in [6, 6.07) is 9.11. The largest absolute Gasteiger partial charge is 0.493 e. The number of nitrogens with one attached hydrogen (secondary N) is 1. The number of rotatable bonds is 6. The van der Waals surface area contributed by atoms with Gasteiger partial charge in [0, 0.05) is 31.4 Å². The van der Waals surface area contributed by atoms with Crippen LogP contribution in [-0.2, 0) is 14.3 Å². The number of hydrogen-bond donors (Lipinski definition) is 1. The summed E-state index contributed by atoms with van der Waals surface area (Å²) >= 11 is 0. The van der Waals surface area contributed by atoms with Crippen molar-refractivity contribution in [2.45, 2.75) is 12.5 Å². The average molecular weight is 356 g/mol. The molecule has 0 radical (unpaired) electrons. The van der Waals surface area contributed by atoms with Crippen LogP contribution >= 0.6 is 0 Å². The lowest BCUT2D eigenvalue weighted by Crippen LogP contribution is -2.36. The Labute approximate surface area is 151 Å². The van der Waals surface area contributed by atoms with Crippen LogP contribution in [0.1, 0.15) is 18.0 Å². The molecule has 1 atom stereocenters. The summed E-state index contributed by atoms with van der Waals surface area (Å²) in [6.45, 7) is 0.156. The van der Waals surface area contributed by atoms with E-state index in [1.165, 1.54) is 0 Å². The van der Waals surface area contributed by atoms with E-state index < -0.39 is 5.97 Å². The number of anilines is 1. The molecule has 26 heavy (non-hydrogen) atoms. The lowest BCUT2D eigenvalue weighted by molar-refractivity contribution is -0.147. The first kappa shape index (κ1) is 17.7. The zero-order valence-corrected chi connectivity index (χ0v) is 14.4. The maximum atomic E-state index is 12.1. The first-order valence-electron chi connectivity index (χ1n) is 8.28. The van der Waals surface area contributed by atoms with Crippen molar-refractivity contribution in [3.05, 3.63) is 48.3 Å². The number of fused-ring (bicyclic) bond motifs is 1. The van der Waals surface area contributed by atoms with Crippen LogP contribution in [0.3, 0.4) is 0 Å². The number of aromatic nitrogens is 2. The number of ether oxygens (including phenoxy) is 2. The Morgan fingerprint density at radius 3 is 2.85 bits per heavy atom. The molecule has 0 saturated heterocycles. The van der Waals surface area contributed by atoms with Crippen molar-refractivity contribution < 1.29 is 19.1 Å². The van der Waals surface area contributed by atoms with E-state index in [1.54, 1.807) is 30.4 Å². The molecule has 2 aromatic rings. The third kappa shape index (κ3) is 4.47. The molecule has 2 heterocycles. The summed E-state index contributed by atoms with van der Waals surface area (Å²) in [5.74, 6) is 0.305. The Morgan fingerprint density at radius 1 is 1.27 bits per heavy atom. The molecule has 0 fully saturated rings. The van der Waals surface area contributed by atoms with Gasteiger partial charge in [-0.15, -0.1) is 0 Å². The molecule has 8 heteroatoms. The van der Waals surface area contributed by atoms with E-state index in [0.717, 1.165) is 11.3 Å². The summed E-state index contributed by atoms with van der Waals surface area (Å²) in [6.07, 6.45) is 3.84. The van der Waals surface area contributed by atoms with Crippen LogP contribution in [0.4, 0.5) is 5.95 Å². The van der Waals surface area contributed by atoms with Gasteiger partial charge in [0.15, 0.2) is 6.61 Å². The van der Waals surface area contributed by atoms with Crippen molar-refractivity contribution >= 4 is 17.8 Å². The van der Waals surface area contributed by atoms with Crippen molar-refractivity contribution in [1.82, 2.24) is 15.3 Å². The van der Waals surface area contributed by atoms with Gasteiger partial charge in [-0.2, -0.15) is 0 Å². The van der Waals surface area contributed by atoms with Gasteiger partial charge in [-0.25, -0.2) is 9.97 Å². The number of carbonyl (C=O) groups excluding carboxylic acids is 2. The monoisotopic (exact) mass is 356 g/mol. The maximum absolute atomic E-state index is 12.1. The van der Waals surface area contributed by atoms with Gasteiger partial charge in [-0.3, -0.25) is 9.59 Å². The number of benzene rings is 1. The highest BCUT2D eigenvalue weighted by Gasteiger charge is 2.23. The second kappa shape index (κ2) is 8.28. The number of nitrogens with zero attached hydrogens (tertiary/aromatic N) is 3. The molecule has 1 aromatic carbocycles. The van der Waals surface area contributed by atoms with Gasteiger partial charge in [0.1, 0.15) is 12.3 Å². The first-order valence-corrected chi connectivity index (χ1v) is 8.28. The van der Waals surface area contributed by atoms with E-state index in [4.69, 9.17) is 9.47 Å². The Hall–Kier alpha value is -3.16. The number of likely N-dealkylation sites (N-methyl/N-ethyl adjacent to an activating group) is 1. The quantitative estimate of drug-likeness (QED) is 0.775. The summed E-state index contributed by atoms with van der Waals surface area (Å²) in [7, 11) is 1.68. The van der Waals surface area contributed by atoms with E-state index >= 15 is 0 Å². The predicted molar refractivity (Wildman–Crippen MR) is 93.7 cm³/mol. The second-order valence-corrected chi connectivity index (χ2v) is 5.86. The van der Waals surface area contributed by atoms with Gasteiger partial charge in [0.25, 0.3) is 5.91 Å². The van der Waals surface area contributed by atoms with Crippen LogP contribution in [-0.4, -0.2) is 48.7 Å². The molecule has 1 N–H and O–H groups in total. The van der Waals surface area contributed by atoms with Crippen LogP contribution in [0.15, 0.2) is 42.7 Å². The summed E-state index contributed by atoms with van der Waals surface area (Å²) in [5, 5.41) is 2.88. The Kier molecular flexibility index (Phi) is 5.62. The molecule has 3 rings (SSSR count). The van der Waals surface area contributed by atoms with Crippen LogP contribution in [0, 0.1) is 0 Å². The molecule has 0 bridgehead atoms. The summed E-state index contributed by atoms with van der Waals surface area (Å²) in [4.78, 5) is 33.6.